The lowest BCUT2D eigenvalue weighted by Gasteiger charge is -2.33. The van der Waals surface area contributed by atoms with Crippen LogP contribution in [0.25, 0.3) is 0 Å². The molecule has 11 heteroatoms. The molecule has 2 atom stereocenters. The van der Waals surface area contributed by atoms with Crippen molar-refractivity contribution in [2.24, 2.45) is 11.8 Å². The molecule has 2 saturated heterocycles. The van der Waals surface area contributed by atoms with Crippen molar-refractivity contribution in [1.82, 2.24) is 20.9 Å². The van der Waals surface area contributed by atoms with Crippen LogP contribution in [0.4, 0.5) is 5.69 Å². The number of anilines is 1. The van der Waals surface area contributed by atoms with Crippen LogP contribution in [0, 0.1) is 11.8 Å². The first kappa shape index (κ1) is 28.1. The third-order valence-corrected chi connectivity index (χ3v) is 6.92. The average molecular weight is 516 g/mol. The van der Waals surface area contributed by atoms with Gasteiger partial charge >= 0.3 is 5.97 Å². The molecule has 1 aromatic carbocycles. The molecular weight excluding hydrogens is 478 g/mol. The van der Waals surface area contributed by atoms with Gasteiger partial charge in [-0.15, -0.1) is 0 Å². The van der Waals surface area contributed by atoms with E-state index in [-0.39, 0.29) is 29.8 Å². The van der Waals surface area contributed by atoms with Crippen molar-refractivity contribution in [3.63, 3.8) is 0 Å². The minimum absolute atomic E-state index is 0.0660. The van der Waals surface area contributed by atoms with Gasteiger partial charge in [-0.25, -0.2) is 4.79 Å². The fraction of sp³-hybridized carbons (Fsp3) is 0.577. The predicted octanol–water partition coefficient (Wildman–Crippen LogP) is 0.963. The Morgan fingerprint density at radius 1 is 1.08 bits per heavy atom. The number of hydrogen-bond donors (Lipinski definition) is 5. The van der Waals surface area contributed by atoms with E-state index < -0.39 is 23.8 Å². The number of carboxylic acids is 1. The number of carbonyl (C=O) groups excluding carboxylic acids is 4. The smallest absolute Gasteiger partial charge is 0.328 e. The van der Waals surface area contributed by atoms with Gasteiger partial charge in [0, 0.05) is 44.2 Å². The van der Waals surface area contributed by atoms with Gasteiger partial charge in [-0.05, 0) is 75.4 Å². The van der Waals surface area contributed by atoms with E-state index in [1.807, 2.05) is 0 Å². The Morgan fingerprint density at radius 2 is 1.78 bits per heavy atom. The predicted molar refractivity (Wildman–Crippen MR) is 137 cm³/mol. The second-order valence-electron chi connectivity index (χ2n) is 9.78. The van der Waals surface area contributed by atoms with E-state index in [4.69, 9.17) is 0 Å². The maximum Gasteiger partial charge on any atom is 0.328 e. The van der Waals surface area contributed by atoms with E-state index in [0.29, 0.717) is 44.0 Å². The molecule has 5 N–H and O–H groups in total. The highest BCUT2D eigenvalue weighted by Gasteiger charge is 2.30. The van der Waals surface area contributed by atoms with Gasteiger partial charge in [0.2, 0.25) is 17.7 Å². The average Bonchev–Trinajstić information content (AvgIpc) is 2.90. The highest BCUT2D eigenvalue weighted by atomic mass is 16.4. The summed E-state index contributed by atoms with van der Waals surface area (Å²) in [6, 6.07) is 4.69. The Bertz CT molecular complexity index is 976. The summed E-state index contributed by atoms with van der Waals surface area (Å²) >= 11 is 0. The lowest BCUT2D eigenvalue weighted by molar-refractivity contribution is -0.139. The van der Waals surface area contributed by atoms with Gasteiger partial charge in [0.25, 0.3) is 5.91 Å². The van der Waals surface area contributed by atoms with E-state index in [1.165, 1.54) is 31.2 Å². The number of hydrogen-bond acceptors (Lipinski definition) is 6. The van der Waals surface area contributed by atoms with Gasteiger partial charge in [0.15, 0.2) is 0 Å². The molecule has 2 fully saturated rings. The summed E-state index contributed by atoms with van der Waals surface area (Å²) in [6.45, 7) is 4.03. The first-order valence-electron chi connectivity index (χ1n) is 12.9. The van der Waals surface area contributed by atoms with E-state index in [9.17, 15) is 29.1 Å². The molecule has 0 radical (unpaired) electrons. The minimum Gasteiger partial charge on any atom is -0.480 e. The molecule has 0 aliphatic carbocycles. The topological polar surface area (TPSA) is 157 Å². The largest absolute Gasteiger partial charge is 0.480 e. The second-order valence-corrected chi connectivity index (χ2v) is 9.78. The van der Waals surface area contributed by atoms with Gasteiger partial charge in [0.1, 0.15) is 6.04 Å². The molecule has 2 heterocycles. The number of benzene rings is 1. The number of nitrogens with zero attached hydrogens (tertiary/aromatic N) is 1. The number of aliphatic carboxylic acids is 1. The molecule has 3 rings (SSSR count). The van der Waals surface area contributed by atoms with Crippen molar-refractivity contribution in [3.8, 4) is 0 Å². The number of carbonyl (C=O) groups is 5. The SMILES string of the molecule is CC(=O)Nc1ccc(C(=O)N[C@H](CNC(=O)[C@@H]2CCCN(C(=O)CCC3CCNCC3)C2)C(=O)O)cc1. The van der Waals surface area contributed by atoms with Gasteiger partial charge in [-0.3, -0.25) is 19.2 Å². The van der Waals surface area contributed by atoms with Crippen LogP contribution in [0.15, 0.2) is 24.3 Å². The van der Waals surface area contributed by atoms with Crippen LogP contribution < -0.4 is 21.3 Å². The van der Waals surface area contributed by atoms with Crippen molar-refractivity contribution >= 4 is 35.3 Å². The lowest BCUT2D eigenvalue weighted by Crippen LogP contribution is -2.51. The van der Waals surface area contributed by atoms with Crippen LogP contribution in [-0.4, -0.2) is 78.4 Å². The summed E-state index contributed by atoms with van der Waals surface area (Å²) < 4.78 is 0. The van der Waals surface area contributed by atoms with Gasteiger partial charge < -0.3 is 31.3 Å². The third kappa shape index (κ3) is 8.85. The first-order valence-corrected chi connectivity index (χ1v) is 12.9. The van der Waals surface area contributed by atoms with Crippen molar-refractivity contribution in [2.75, 3.05) is 38.0 Å². The van der Waals surface area contributed by atoms with Crippen molar-refractivity contribution in [3.05, 3.63) is 29.8 Å². The van der Waals surface area contributed by atoms with E-state index in [0.717, 1.165) is 32.4 Å². The van der Waals surface area contributed by atoms with Gasteiger partial charge in [-0.1, -0.05) is 0 Å². The molecule has 4 amide bonds. The standard InChI is InChI=1S/C26H37N5O6/c1-17(32)29-21-7-5-19(6-8-21)25(35)30-22(26(36)37)15-28-24(34)20-3-2-14-31(16-20)23(33)9-4-18-10-12-27-13-11-18/h5-8,18,20,22,27H,2-4,9-16H2,1H3,(H,28,34)(H,29,32)(H,30,35)(H,36,37)/t20-,22-/m1/s1. The molecule has 11 nitrogen and oxygen atoms in total. The van der Waals surface area contributed by atoms with Crippen LogP contribution in [0.1, 0.15) is 55.8 Å². The van der Waals surface area contributed by atoms with Crippen molar-refractivity contribution in [2.45, 2.75) is 51.5 Å². The summed E-state index contributed by atoms with van der Waals surface area (Å²) in [4.78, 5) is 62.6. The number of amides is 4. The zero-order valence-electron chi connectivity index (χ0n) is 21.3. The third-order valence-electron chi connectivity index (χ3n) is 6.92. The Hall–Kier alpha value is -3.47. The zero-order valence-corrected chi connectivity index (χ0v) is 21.3. The van der Waals surface area contributed by atoms with E-state index in [2.05, 4.69) is 21.3 Å². The Balaban J connectivity index is 1.46. The fourth-order valence-electron chi connectivity index (χ4n) is 4.77. The van der Waals surface area contributed by atoms with Crippen LogP contribution >= 0.6 is 0 Å². The highest BCUT2D eigenvalue weighted by molar-refractivity contribution is 5.97. The van der Waals surface area contributed by atoms with Crippen molar-refractivity contribution in [1.29, 1.82) is 0 Å². The molecule has 0 saturated carbocycles. The van der Waals surface area contributed by atoms with Crippen LogP contribution in [0.5, 0.6) is 0 Å². The Labute approximate surface area is 216 Å². The summed E-state index contributed by atoms with van der Waals surface area (Å²) in [5, 5.41) is 20.5. The van der Waals surface area contributed by atoms with E-state index in [1.54, 1.807) is 4.90 Å². The maximum absolute atomic E-state index is 12.8. The highest BCUT2D eigenvalue weighted by Crippen LogP contribution is 2.21. The van der Waals surface area contributed by atoms with Crippen LogP contribution in [-0.2, 0) is 19.2 Å². The summed E-state index contributed by atoms with van der Waals surface area (Å²) in [7, 11) is 0. The minimum atomic E-state index is -1.32. The fourth-order valence-corrected chi connectivity index (χ4v) is 4.77. The zero-order chi connectivity index (χ0) is 26.8. The van der Waals surface area contributed by atoms with E-state index >= 15 is 0 Å². The molecule has 0 unspecified atom stereocenters. The molecule has 0 bridgehead atoms. The molecular formula is C26H37N5O6. The monoisotopic (exact) mass is 515 g/mol. The normalized spacial score (nSPS) is 18.9. The summed E-state index contributed by atoms with van der Waals surface area (Å²) in [5.41, 5.74) is 0.731. The number of likely N-dealkylation sites (tertiary alicyclic amines) is 1. The number of nitrogens with one attached hydrogen (secondary N) is 4. The molecule has 0 aromatic heterocycles. The Morgan fingerprint density at radius 3 is 2.43 bits per heavy atom. The molecule has 202 valence electrons. The van der Waals surface area contributed by atoms with Gasteiger partial charge in [-0.2, -0.15) is 0 Å². The molecule has 1 aromatic rings. The molecule has 37 heavy (non-hydrogen) atoms. The summed E-state index contributed by atoms with van der Waals surface area (Å²) in [5.74, 6) is -2.25. The molecule has 0 spiro atoms. The molecule has 2 aliphatic rings. The first-order chi connectivity index (χ1) is 17.7. The summed E-state index contributed by atoms with van der Waals surface area (Å²) in [6.07, 6.45) is 4.85. The lowest BCUT2D eigenvalue weighted by atomic mass is 9.92. The number of carboxylic acid groups (broad SMARTS) is 1. The quantitative estimate of drug-likeness (QED) is 0.311. The van der Waals surface area contributed by atoms with Crippen LogP contribution in [0.3, 0.4) is 0 Å². The maximum atomic E-state index is 12.8. The van der Waals surface area contributed by atoms with Gasteiger partial charge in [0.05, 0.1) is 5.92 Å². The Kier molecular flexibility index (Phi) is 10.4. The van der Waals surface area contributed by atoms with Crippen LogP contribution in [0.2, 0.25) is 0 Å². The molecule has 2 aliphatic heterocycles. The number of piperidine rings is 2. The second kappa shape index (κ2) is 13.7. The number of rotatable bonds is 10. The van der Waals surface area contributed by atoms with Crippen molar-refractivity contribution < 1.29 is 29.1 Å².